The quantitative estimate of drug-likeness (QED) is 0.898. The maximum atomic E-state index is 5.26. The smallest absolute Gasteiger partial charge is 0.151 e. The van der Waals surface area contributed by atoms with Crippen LogP contribution in [0.15, 0.2) is 30.3 Å². The van der Waals surface area contributed by atoms with E-state index in [2.05, 4.69) is 52.4 Å². The van der Waals surface area contributed by atoms with Crippen LogP contribution in [0.1, 0.15) is 5.56 Å². The average Bonchev–Trinajstić information content (AvgIpc) is 2.78. The lowest BCUT2D eigenvalue weighted by molar-refractivity contribution is 0.0783. The van der Waals surface area contributed by atoms with Gasteiger partial charge in [0.05, 0.1) is 11.8 Å². The number of nitrogens with zero attached hydrogens (tertiary/aromatic N) is 2. The monoisotopic (exact) mass is 243 g/mol. The first-order valence-corrected chi connectivity index (χ1v) is 6.16. The van der Waals surface area contributed by atoms with Gasteiger partial charge in [-0.15, -0.1) is 0 Å². The minimum Gasteiger partial charge on any atom is -0.378 e. The number of aryl methyl sites for hydroxylation is 1. The van der Waals surface area contributed by atoms with Crippen molar-refractivity contribution < 1.29 is 4.74 Å². The van der Waals surface area contributed by atoms with Gasteiger partial charge in [-0.3, -0.25) is 5.10 Å². The summed E-state index contributed by atoms with van der Waals surface area (Å²) in [6.45, 7) is 3.94. The van der Waals surface area contributed by atoms with Crippen LogP contribution in [0.3, 0.4) is 0 Å². The number of methoxy groups -OCH3 is 1. The van der Waals surface area contributed by atoms with Crippen LogP contribution in [0.4, 0.5) is 5.82 Å². The Morgan fingerprint density at radius 1 is 1.28 bits per heavy atom. The van der Waals surface area contributed by atoms with Crippen LogP contribution in [0, 0.1) is 6.92 Å². The lowest BCUT2D eigenvalue weighted by Gasteiger charge is -2.38. The van der Waals surface area contributed by atoms with E-state index in [0.717, 1.165) is 24.6 Å². The summed E-state index contributed by atoms with van der Waals surface area (Å²) in [5.41, 5.74) is 3.50. The summed E-state index contributed by atoms with van der Waals surface area (Å²) in [6.07, 6.45) is 0.351. The third-order valence-corrected chi connectivity index (χ3v) is 3.43. The fraction of sp³-hybridized carbons (Fsp3) is 0.357. The van der Waals surface area contributed by atoms with Crippen molar-refractivity contribution in [1.29, 1.82) is 0 Å². The highest BCUT2D eigenvalue weighted by Crippen LogP contribution is 2.25. The zero-order valence-corrected chi connectivity index (χ0v) is 10.7. The van der Waals surface area contributed by atoms with Crippen LogP contribution in [-0.2, 0) is 4.74 Å². The van der Waals surface area contributed by atoms with Crippen molar-refractivity contribution in [2.75, 3.05) is 25.1 Å². The first kappa shape index (κ1) is 11.3. The van der Waals surface area contributed by atoms with Gasteiger partial charge < -0.3 is 9.64 Å². The molecule has 0 unspecified atom stereocenters. The number of H-pyrrole nitrogens is 1. The van der Waals surface area contributed by atoms with E-state index in [1.54, 1.807) is 7.11 Å². The number of ether oxygens (including phenoxy) is 1. The lowest BCUT2D eigenvalue weighted by atomic mass is 10.1. The van der Waals surface area contributed by atoms with Crippen molar-refractivity contribution in [1.82, 2.24) is 10.2 Å². The molecule has 4 nitrogen and oxygen atoms in total. The van der Waals surface area contributed by atoms with E-state index >= 15 is 0 Å². The number of hydrogen-bond donors (Lipinski definition) is 1. The normalized spacial score (nSPS) is 15.8. The zero-order valence-electron chi connectivity index (χ0n) is 10.7. The number of anilines is 1. The average molecular weight is 243 g/mol. The Balaban J connectivity index is 1.76. The number of rotatable bonds is 3. The summed E-state index contributed by atoms with van der Waals surface area (Å²) in [7, 11) is 1.75. The molecule has 1 aromatic carbocycles. The predicted octanol–water partition coefficient (Wildman–Crippen LogP) is 2.22. The Bertz CT molecular complexity index is 526. The van der Waals surface area contributed by atoms with Crippen molar-refractivity contribution in [2.45, 2.75) is 13.0 Å². The standard InChI is InChI=1S/C14H17N3O/c1-10-3-5-11(6-4-10)13-7-14(16-15-13)17-8-12(9-17)18-2/h3-7,12H,8-9H2,1-2H3,(H,15,16). The molecule has 3 rings (SSSR count). The third-order valence-electron chi connectivity index (χ3n) is 3.43. The van der Waals surface area contributed by atoms with Gasteiger partial charge in [0.25, 0.3) is 0 Å². The van der Waals surface area contributed by atoms with Crippen LogP contribution in [0.2, 0.25) is 0 Å². The summed E-state index contributed by atoms with van der Waals surface area (Å²) in [5, 5.41) is 7.44. The molecule has 1 N–H and O–H groups in total. The second-order valence-electron chi connectivity index (χ2n) is 4.77. The van der Waals surface area contributed by atoms with Crippen molar-refractivity contribution in [2.24, 2.45) is 0 Å². The molecule has 1 aromatic heterocycles. The topological polar surface area (TPSA) is 41.1 Å². The minimum atomic E-state index is 0.351. The molecule has 18 heavy (non-hydrogen) atoms. The summed E-state index contributed by atoms with van der Waals surface area (Å²) < 4.78 is 5.26. The molecule has 1 saturated heterocycles. The molecular formula is C14H17N3O. The maximum absolute atomic E-state index is 5.26. The maximum Gasteiger partial charge on any atom is 0.151 e. The van der Waals surface area contributed by atoms with Gasteiger partial charge in [-0.25, -0.2) is 0 Å². The van der Waals surface area contributed by atoms with E-state index in [-0.39, 0.29) is 0 Å². The molecule has 0 amide bonds. The number of aromatic amines is 1. The van der Waals surface area contributed by atoms with E-state index in [0.29, 0.717) is 6.10 Å². The number of aromatic nitrogens is 2. The van der Waals surface area contributed by atoms with Gasteiger partial charge in [-0.2, -0.15) is 5.10 Å². The zero-order chi connectivity index (χ0) is 12.5. The summed E-state index contributed by atoms with van der Waals surface area (Å²) in [6, 6.07) is 10.5. The number of benzene rings is 1. The van der Waals surface area contributed by atoms with E-state index in [1.807, 2.05) is 0 Å². The van der Waals surface area contributed by atoms with Crippen molar-refractivity contribution in [3.8, 4) is 11.3 Å². The molecule has 1 aliphatic rings. The van der Waals surface area contributed by atoms with Gasteiger partial charge in [0.1, 0.15) is 0 Å². The fourth-order valence-electron chi connectivity index (χ4n) is 2.13. The molecule has 94 valence electrons. The summed E-state index contributed by atoms with van der Waals surface area (Å²) in [5.74, 6) is 0.999. The molecular weight excluding hydrogens is 226 g/mol. The van der Waals surface area contributed by atoms with Gasteiger partial charge in [0.2, 0.25) is 0 Å². The summed E-state index contributed by atoms with van der Waals surface area (Å²) >= 11 is 0. The third kappa shape index (κ3) is 1.99. The molecule has 2 aromatic rings. The van der Waals surface area contributed by atoms with Crippen molar-refractivity contribution >= 4 is 5.82 Å². The van der Waals surface area contributed by atoms with E-state index < -0.39 is 0 Å². The molecule has 0 aliphatic carbocycles. The van der Waals surface area contributed by atoms with Crippen LogP contribution in [-0.4, -0.2) is 36.5 Å². The minimum absolute atomic E-state index is 0.351. The van der Waals surface area contributed by atoms with Gasteiger partial charge >= 0.3 is 0 Å². The molecule has 0 bridgehead atoms. The van der Waals surface area contributed by atoms with Crippen LogP contribution < -0.4 is 4.90 Å². The predicted molar refractivity (Wildman–Crippen MR) is 71.8 cm³/mol. The highest BCUT2D eigenvalue weighted by atomic mass is 16.5. The van der Waals surface area contributed by atoms with Crippen molar-refractivity contribution in [3.63, 3.8) is 0 Å². The highest BCUT2D eigenvalue weighted by molar-refractivity contribution is 5.63. The van der Waals surface area contributed by atoms with E-state index in [4.69, 9.17) is 4.74 Å². The van der Waals surface area contributed by atoms with Gasteiger partial charge in [0.15, 0.2) is 5.82 Å². The molecule has 0 saturated carbocycles. The lowest BCUT2D eigenvalue weighted by Crippen LogP contribution is -2.52. The Labute approximate surface area is 107 Å². The molecule has 4 heteroatoms. The molecule has 2 heterocycles. The van der Waals surface area contributed by atoms with Gasteiger partial charge in [0, 0.05) is 26.3 Å². The molecule has 0 atom stereocenters. The van der Waals surface area contributed by atoms with E-state index in [1.165, 1.54) is 11.1 Å². The van der Waals surface area contributed by atoms with Crippen LogP contribution in [0.25, 0.3) is 11.3 Å². The first-order valence-electron chi connectivity index (χ1n) is 6.16. The number of nitrogens with one attached hydrogen (secondary N) is 1. The Morgan fingerprint density at radius 3 is 2.67 bits per heavy atom. The van der Waals surface area contributed by atoms with Crippen molar-refractivity contribution in [3.05, 3.63) is 35.9 Å². The van der Waals surface area contributed by atoms with Gasteiger partial charge in [-0.1, -0.05) is 29.8 Å². The van der Waals surface area contributed by atoms with E-state index in [9.17, 15) is 0 Å². The highest BCUT2D eigenvalue weighted by Gasteiger charge is 2.28. The van der Waals surface area contributed by atoms with Gasteiger partial charge in [-0.05, 0) is 12.5 Å². The second kappa shape index (κ2) is 4.46. The SMILES string of the molecule is COC1CN(c2cc(-c3ccc(C)cc3)[nH]n2)C1. The largest absolute Gasteiger partial charge is 0.378 e. The van der Waals surface area contributed by atoms with Crippen LogP contribution in [0.5, 0.6) is 0 Å². The first-order chi connectivity index (χ1) is 8.76. The fourth-order valence-corrected chi connectivity index (χ4v) is 2.13. The molecule has 1 aliphatic heterocycles. The molecule has 1 fully saturated rings. The number of hydrogen-bond acceptors (Lipinski definition) is 3. The second-order valence-corrected chi connectivity index (χ2v) is 4.77. The summed E-state index contributed by atoms with van der Waals surface area (Å²) in [4.78, 5) is 2.21. The Hall–Kier alpha value is -1.81. The Kier molecular flexibility index (Phi) is 2.80. The Morgan fingerprint density at radius 2 is 2.00 bits per heavy atom. The van der Waals surface area contributed by atoms with Crippen LogP contribution >= 0.6 is 0 Å². The molecule has 0 spiro atoms. The molecule has 0 radical (unpaired) electrons.